The molecule has 2 N–H and O–H groups in total. The molecule has 2 heterocycles. The lowest BCUT2D eigenvalue weighted by Crippen LogP contribution is -3.13. The molecule has 0 aliphatic carbocycles. The zero-order valence-electron chi connectivity index (χ0n) is 16.0. The number of aromatic nitrogens is 2. The summed E-state index contributed by atoms with van der Waals surface area (Å²) in [6.07, 6.45) is 0.183. The smallest absolute Gasteiger partial charge is 0.272 e. The van der Waals surface area contributed by atoms with Crippen LogP contribution in [0.4, 0.5) is 0 Å². The highest BCUT2D eigenvalue weighted by Crippen LogP contribution is 2.13. The van der Waals surface area contributed by atoms with Crippen molar-refractivity contribution in [3.05, 3.63) is 75.7 Å². The Balaban J connectivity index is 1.36. The van der Waals surface area contributed by atoms with E-state index in [1.807, 2.05) is 41.3 Å². The molecule has 0 radical (unpaired) electrons. The minimum absolute atomic E-state index is 0.0344. The molecule has 2 aromatic carbocycles. The number of amides is 1. The molecule has 3 aromatic rings. The van der Waals surface area contributed by atoms with Gasteiger partial charge in [0.1, 0.15) is 6.54 Å². The number of carbonyl (C=O) groups excluding carboxylic acids is 1. The highest BCUT2D eigenvalue weighted by Gasteiger charge is 2.24. The van der Waals surface area contributed by atoms with E-state index in [4.69, 9.17) is 5.26 Å². The lowest BCUT2D eigenvalue weighted by molar-refractivity contribution is -0.917. The standard InChI is InChI=1S/C22H21N5O2/c23-14-16-5-7-17(8-6-16)15-26-9-11-27(12-10-26)21(28)13-20-18-3-1-2-4-19(18)22(29)25-24-20/h1-8H,9-13,15H2,(H,25,29)/p+1. The number of fused-ring (bicyclic) bond motifs is 1. The number of nitrogens with zero attached hydrogens (tertiary/aromatic N) is 3. The van der Waals surface area contributed by atoms with Crippen molar-refractivity contribution in [2.75, 3.05) is 26.2 Å². The van der Waals surface area contributed by atoms with Crippen LogP contribution in [0, 0.1) is 11.3 Å². The third-order valence-corrected chi connectivity index (χ3v) is 5.45. The molecule has 0 spiro atoms. The van der Waals surface area contributed by atoms with Gasteiger partial charge in [-0.2, -0.15) is 10.4 Å². The molecule has 0 unspecified atom stereocenters. The maximum atomic E-state index is 12.8. The predicted molar refractivity (Wildman–Crippen MR) is 108 cm³/mol. The molecule has 1 aliphatic heterocycles. The van der Waals surface area contributed by atoms with Crippen molar-refractivity contribution in [2.45, 2.75) is 13.0 Å². The maximum absolute atomic E-state index is 12.8. The second-order valence-corrected chi connectivity index (χ2v) is 7.34. The number of piperazine rings is 1. The van der Waals surface area contributed by atoms with Crippen molar-refractivity contribution < 1.29 is 9.69 Å². The average Bonchev–Trinajstić information content (AvgIpc) is 2.77. The second kappa shape index (κ2) is 8.25. The Labute approximate surface area is 168 Å². The van der Waals surface area contributed by atoms with E-state index < -0.39 is 0 Å². The van der Waals surface area contributed by atoms with E-state index in [0.29, 0.717) is 29.7 Å². The van der Waals surface area contributed by atoms with E-state index >= 15 is 0 Å². The Hall–Kier alpha value is -3.50. The second-order valence-electron chi connectivity index (χ2n) is 7.34. The van der Waals surface area contributed by atoms with Gasteiger partial charge in [0.15, 0.2) is 0 Å². The van der Waals surface area contributed by atoms with Gasteiger partial charge in [-0.1, -0.05) is 30.3 Å². The number of benzene rings is 2. The van der Waals surface area contributed by atoms with Crippen LogP contribution in [-0.4, -0.2) is 47.2 Å². The number of carbonyl (C=O) groups is 1. The lowest BCUT2D eigenvalue weighted by atomic mass is 10.1. The largest absolute Gasteiger partial charge is 0.331 e. The van der Waals surface area contributed by atoms with Gasteiger partial charge in [0.05, 0.1) is 55.3 Å². The van der Waals surface area contributed by atoms with Gasteiger partial charge in [-0.3, -0.25) is 9.59 Å². The number of hydrogen-bond donors (Lipinski definition) is 2. The van der Waals surface area contributed by atoms with Gasteiger partial charge in [0.25, 0.3) is 5.56 Å². The fourth-order valence-electron chi connectivity index (χ4n) is 3.80. The molecule has 7 heteroatoms. The molecule has 0 saturated carbocycles. The predicted octanol–water partition coefficient (Wildman–Crippen LogP) is 0.265. The van der Waals surface area contributed by atoms with Crippen LogP contribution in [0.3, 0.4) is 0 Å². The molecule has 1 fully saturated rings. The zero-order valence-corrected chi connectivity index (χ0v) is 16.0. The van der Waals surface area contributed by atoms with Gasteiger partial charge < -0.3 is 9.80 Å². The minimum atomic E-state index is -0.239. The van der Waals surface area contributed by atoms with E-state index in [1.54, 1.807) is 12.1 Å². The summed E-state index contributed by atoms with van der Waals surface area (Å²) in [5, 5.41) is 16.8. The maximum Gasteiger partial charge on any atom is 0.272 e. The van der Waals surface area contributed by atoms with E-state index in [9.17, 15) is 9.59 Å². The van der Waals surface area contributed by atoms with Crippen molar-refractivity contribution in [1.82, 2.24) is 15.1 Å². The van der Waals surface area contributed by atoms with Gasteiger partial charge in [-0.25, -0.2) is 5.10 Å². The molecular formula is C22H22N5O2+. The molecule has 146 valence electrons. The Morgan fingerprint density at radius 3 is 2.48 bits per heavy atom. The first-order chi connectivity index (χ1) is 14.1. The third kappa shape index (κ3) is 4.18. The topological polar surface area (TPSA) is 94.3 Å². The lowest BCUT2D eigenvalue weighted by Gasteiger charge is -2.32. The molecule has 1 aromatic heterocycles. The summed E-state index contributed by atoms with van der Waals surface area (Å²) in [7, 11) is 0. The van der Waals surface area contributed by atoms with E-state index in [0.717, 1.165) is 25.0 Å². The van der Waals surface area contributed by atoms with Crippen LogP contribution in [-0.2, 0) is 17.8 Å². The van der Waals surface area contributed by atoms with Crippen LogP contribution in [0.1, 0.15) is 16.8 Å². The van der Waals surface area contributed by atoms with Crippen molar-refractivity contribution in [1.29, 1.82) is 5.26 Å². The molecule has 29 heavy (non-hydrogen) atoms. The molecule has 0 bridgehead atoms. The first-order valence-electron chi connectivity index (χ1n) is 9.71. The summed E-state index contributed by atoms with van der Waals surface area (Å²) in [5.74, 6) is 0.0344. The Morgan fingerprint density at radius 2 is 1.79 bits per heavy atom. The van der Waals surface area contributed by atoms with Gasteiger partial charge in [-0.05, 0) is 18.2 Å². The van der Waals surface area contributed by atoms with Crippen LogP contribution in [0.5, 0.6) is 0 Å². The molecule has 0 atom stereocenters. The van der Waals surface area contributed by atoms with Crippen LogP contribution >= 0.6 is 0 Å². The van der Waals surface area contributed by atoms with Gasteiger partial charge in [0.2, 0.25) is 5.91 Å². The summed E-state index contributed by atoms with van der Waals surface area (Å²) in [5.41, 5.74) is 2.24. The number of H-pyrrole nitrogens is 1. The van der Waals surface area contributed by atoms with Crippen LogP contribution in [0.25, 0.3) is 10.8 Å². The van der Waals surface area contributed by atoms with E-state index in [-0.39, 0.29) is 17.9 Å². The normalized spacial score (nSPS) is 14.7. The number of rotatable bonds is 4. The summed E-state index contributed by atoms with van der Waals surface area (Å²) in [4.78, 5) is 28.0. The Bertz CT molecular complexity index is 1120. The minimum Gasteiger partial charge on any atom is -0.331 e. The van der Waals surface area contributed by atoms with Crippen LogP contribution < -0.4 is 10.5 Å². The summed E-state index contributed by atoms with van der Waals surface area (Å²) in [6, 6.07) is 17.0. The molecule has 4 rings (SSSR count). The number of nitriles is 1. The summed E-state index contributed by atoms with van der Waals surface area (Å²) >= 11 is 0. The molecule has 1 saturated heterocycles. The number of aromatic amines is 1. The highest BCUT2D eigenvalue weighted by atomic mass is 16.2. The Kier molecular flexibility index (Phi) is 5.36. The fraction of sp³-hybridized carbons (Fsp3) is 0.273. The number of hydrogen-bond acceptors (Lipinski definition) is 4. The monoisotopic (exact) mass is 388 g/mol. The number of nitrogens with one attached hydrogen (secondary N) is 2. The molecule has 1 aliphatic rings. The quantitative estimate of drug-likeness (QED) is 0.671. The van der Waals surface area contributed by atoms with E-state index in [2.05, 4.69) is 16.3 Å². The van der Waals surface area contributed by atoms with Crippen molar-refractivity contribution in [3.63, 3.8) is 0 Å². The van der Waals surface area contributed by atoms with Crippen molar-refractivity contribution in [2.24, 2.45) is 0 Å². The molecule has 1 amide bonds. The first kappa shape index (κ1) is 18.8. The summed E-state index contributed by atoms with van der Waals surface area (Å²) < 4.78 is 0. The molecule has 7 nitrogen and oxygen atoms in total. The fourth-order valence-corrected chi connectivity index (χ4v) is 3.80. The van der Waals surface area contributed by atoms with Crippen molar-refractivity contribution in [3.8, 4) is 6.07 Å². The van der Waals surface area contributed by atoms with Gasteiger partial charge in [-0.15, -0.1) is 0 Å². The number of quaternary nitrogens is 1. The van der Waals surface area contributed by atoms with Crippen molar-refractivity contribution >= 4 is 16.7 Å². The summed E-state index contributed by atoms with van der Waals surface area (Å²) in [6.45, 7) is 4.05. The SMILES string of the molecule is N#Cc1ccc(C[NH+]2CCN(C(=O)Cc3n[nH]c(=O)c4ccccc34)CC2)cc1. The highest BCUT2D eigenvalue weighted by molar-refractivity contribution is 5.88. The van der Waals surface area contributed by atoms with Crippen LogP contribution in [0.15, 0.2) is 53.3 Å². The van der Waals surface area contributed by atoms with Gasteiger partial charge in [0, 0.05) is 10.9 Å². The van der Waals surface area contributed by atoms with E-state index in [1.165, 1.54) is 10.5 Å². The first-order valence-corrected chi connectivity index (χ1v) is 9.71. The Morgan fingerprint density at radius 1 is 1.10 bits per heavy atom. The van der Waals surface area contributed by atoms with Crippen LogP contribution in [0.2, 0.25) is 0 Å². The molecular weight excluding hydrogens is 366 g/mol. The average molecular weight is 388 g/mol. The van der Waals surface area contributed by atoms with Gasteiger partial charge >= 0.3 is 0 Å². The third-order valence-electron chi connectivity index (χ3n) is 5.45. The zero-order chi connectivity index (χ0) is 20.2.